The highest BCUT2D eigenvalue weighted by atomic mass is 35.5. The summed E-state index contributed by atoms with van der Waals surface area (Å²) in [4.78, 5) is 2.59. The molecule has 1 aliphatic heterocycles. The molecule has 0 bridgehead atoms. The van der Waals surface area contributed by atoms with Crippen LogP contribution in [0.25, 0.3) is 0 Å². The van der Waals surface area contributed by atoms with Crippen molar-refractivity contribution in [2.45, 2.75) is 33.1 Å². The van der Waals surface area contributed by atoms with E-state index in [4.69, 9.17) is 11.6 Å². The molecule has 0 aromatic heterocycles. The lowest BCUT2D eigenvalue weighted by Crippen LogP contribution is -2.30. The first-order chi connectivity index (χ1) is 9.17. The highest BCUT2D eigenvalue weighted by Crippen LogP contribution is 2.36. The molecular weight excluding hydrogens is 256 g/mol. The molecule has 1 heterocycles. The first-order valence-corrected chi connectivity index (χ1v) is 7.77. The van der Waals surface area contributed by atoms with Crippen molar-refractivity contribution in [3.8, 4) is 0 Å². The van der Waals surface area contributed by atoms with Crippen LogP contribution in [0.1, 0.15) is 33.1 Å². The van der Waals surface area contributed by atoms with Gasteiger partial charge in [0, 0.05) is 30.3 Å². The zero-order valence-corrected chi connectivity index (χ0v) is 12.8. The molecule has 1 saturated heterocycles. The Hall–Kier alpha value is -0.730. The van der Waals surface area contributed by atoms with E-state index in [1.807, 2.05) is 24.3 Å². The Balaban J connectivity index is 1.74. The molecule has 0 radical (unpaired) electrons. The number of halogens is 1. The highest BCUT2D eigenvalue weighted by Gasteiger charge is 2.34. The van der Waals surface area contributed by atoms with E-state index in [-0.39, 0.29) is 0 Å². The van der Waals surface area contributed by atoms with E-state index in [0.717, 1.165) is 23.8 Å². The number of nitrogens with one attached hydrogen (secondary N) is 1. The van der Waals surface area contributed by atoms with Gasteiger partial charge in [0.05, 0.1) is 0 Å². The van der Waals surface area contributed by atoms with E-state index < -0.39 is 0 Å². The summed E-state index contributed by atoms with van der Waals surface area (Å²) < 4.78 is 0. The van der Waals surface area contributed by atoms with E-state index in [0.29, 0.717) is 5.41 Å². The minimum absolute atomic E-state index is 0.584. The largest absolute Gasteiger partial charge is 0.384 e. The smallest absolute Gasteiger partial charge is 0.0407 e. The lowest BCUT2D eigenvalue weighted by Gasteiger charge is -2.26. The van der Waals surface area contributed by atoms with E-state index in [2.05, 4.69) is 24.1 Å². The second kappa shape index (κ2) is 6.62. The minimum atomic E-state index is 0.584. The summed E-state index contributed by atoms with van der Waals surface area (Å²) in [7, 11) is 0. The molecule has 106 valence electrons. The minimum Gasteiger partial charge on any atom is -0.384 e. The molecular formula is C16H25ClN2. The van der Waals surface area contributed by atoms with Gasteiger partial charge in [-0.15, -0.1) is 0 Å². The van der Waals surface area contributed by atoms with Crippen molar-refractivity contribution in [2.24, 2.45) is 5.41 Å². The van der Waals surface area contributed by atoms with Crippen LogP contribution < -0.4 is 5.32 Å². The Bertz CT molecular complexity index is 384. The van der Waals surface area contributed by atoms with Gasteiger partial charge in [-0.1, -0.05) is 25.4 Å². The predicted octanol–water partition coefficient (Wildman–Crippen LogP) is 4.26. The predicted molar refractivity (Wildman–Crippen MR) is 84.0 cm³/mol. The summed E-state index contributed by atoms with van der Waals surface area (Å²) in [5, 5.41) is 4.25. The van der Waals surface area contributed by atoms with Gasteiger partial charge < -0.3 is 10.2 Å². The molecule has 0 aliphatic carbocycles. The molecule has 2 nitrogen and oxygen atoms in total. The number of anilines is 1. The number of hydrogen-bond donors (Lipinski definition) is 1. The van der Waals surface area contributed by atoms with Crippen LogP contribution in [0.3, 0.4) is 0 Å². The Morgan fingerprint density at radius 3 is 2.47 bits per heavy atom. The van der Waals surface area contributed by atoms with Crippen molar-refractivity contribution in [1.82, 2.24) is 4.90 Å². The SMILES string of the molecule is CCC1(CC)CCN(CCNc2ccc(Cl)cc2)C1. The molecule has 0 unspecified atom stereocenters. The number of likely N-dealkylation sites (tertiary alicyclic amines) is 1. The fourth-order valence-corrected chi connectivity index (χ4v) is 3.10. The van der Waals surface area contributed by atoms with Crippen molar-refractivity contribution in [1.29, 1.82) is 0 Å². The summed E-state index contributed by atoms with van der Waals surface area (Å²) in [6, 6.07) is 7.93. The molecule has 1 aromatic rings. The molecule has 1 fully saturated rings. The number of nitrogens with zero attached hydrogens (tertiary/aromatic N) is 1. The van der Waals surface area contributed by atoms with Crippen LogP contribution in [-0.4, -0.2) is 31.1 Å². The maximum atomic E-state index is 5.88. The van der Waals surface area contributed by atoms with E-state index in [9.17, 15) is 0 Å². The fraction of sp³-hybridized carbons (Fsp3) is 0.625. The maximum absolute atomic E-state index is 5.88. The van der Waals surface area contributed by atoms with Crippen LogP contribution in [0.15, 0.2) is 24.3 Å². The molecule has 0 atom stereocenters. The Kier molecular flexibility index (Phi) is 5.12. The third-order valence-electron chi connectivity index (χ3n) is 4.62. The van der Waals surface area contributed by atoms with Crippen molar-refractivity contribution < 1.29 is 0 Å². The standard InChI is InChI=1S/C16H25ClN2/c1-3-16(4-2)9-11-19(13-16)12-10-18-15-7-5-14(17)6-8-15/h5-8,18H,3-4,9-13H2,1-2H3. The third-order valence-corrected chi connectivity index (χ3v) is 4.87. The van der Waals surface area contributed by atoms with Gasteiger partial charge >= 0.3 is 0 Å². The molecule has 2 rings (SSSR count). The fourth-order valence-electron chi connectivity index (χ4n) is 2.97. The van der Waals surface area contributed by atoms with E-state index in [1.54, 1.807) is 0 Å². The average Bonchev–Trinajstić information content (AvgIpc) is 2.85. The van der Waals surface area contributed by atoms with Crippen LogP contribution in [0, 0.1) is 5.41 Å². The van der Waals surface area contributed by atoms with Crippen LogP contribution in [0.5, 0.6) is 0 Å². The number of benzene rings is 1. The zero-order valence-electron chi connectivity index (χ0n) is 12.1. The van der Waals surface area contributed by atoms with E-state index >= 15 is 0 Å². The number of rotatable bonds is 6. The molecule has 1 aliphatic rings. The molecule has 19 heavy (non-hydrogen) atoms. The van der Waals surface area contributed by atoms with Crippen molar-refractivity contribution in [3.63, 3.8) is 0 Å². The maximum Gasteiger partial charge on any atom is 0.0407 e. The Morgan fingerprint density at radius 2 is 1.89 bits per heavy atom. The lowest BCUT2D eigenvalue weighted by atomic mass is 9.82. The number of hydrogen-bond acceptors (Lipinski definition) is 2. The zero-order chi connectivity index (χ0) is 13.7. The summed E-state index contributed by atoms with van der Waals surface area (Å²) in [5.41, 5.74) is 1.74. The quantitative estimate of drug-likeness (QED) is 0.837. The third kappa shape index (κ3) is 3.87. The van der Waals surface area contributed by atoms with Crippen LogP contribution in [0.4, 0.5) is 5.69 Å². The van der Waals surface area contributed by atoms with Crippen LogP contribution in [-0.2, 0) is 0 Å². The van der Waals surface area contributed by atoms with Crippen molar-refractivity contribution >= 4 is 17.3 Å². The molecule has 3 heteroatoms. The van der Waals surface area contributed by atoms with Crippen LogP contribution >= 0.6 is 11.6 Å². The Labute approximate surface area is 122 Å². The Morgan fingerprint density at radius 1 is 1.21 bits per heavy atom. The second-order valence-corrected chi connectivity index (χ2v) is 6.10. The molecule has 0 spiro atoms. The van der Waals surface area contributed by atoms with Crippen molar-refractivity contribution in [2.75, 3.05) is 31.5 Å². The highest BCUT2D eigenvalue weighted by molar-refractivity contribution is 6.30. The summed E-state index contributed by atoms with van der Waals surface area (Å²) in [5.74, 6) is 0. The molecule has 0 saturated carbocycles. The monoisotopic (exact) mass is 280 g/mol. The van der Waals surface area contributed by atoms with Crippen LogP contribution in [0.2, 0.25) is 5.02 Å². The summed E-state index contributed by atoms with van der Waals surface area (Å²) in [6.07, 6.45) is 3.98. The second-order valence-electron chi connectivity index (χ2n) is 5.67. The van der Waals surface area contributed by atoms with Gasteiger partial charge in [0.15, 0.2) is 0 Å². The van der Waals surface area contributed by atoms with Gasteiger partial charge in [-0.2, -0.15) is 0 Å². The van der Waals surface area contributed by atoms with E-state index in [1.165, 1.54) is 32.4 Å². The van der Waals surface area contributed by atoms with Gasteiger partial charge in [0.25, 0.3) is 0 Å². The molecule has 1 aromatic carbocycles. The first-order valence-electron chi connectivity index (χ1n) is 7.39. The van der Waals surface area contributed by atoms with Gasteiger partial charge in [-0.25, -0.2) is 0 Å². The van der Waals surface area contributed by atoms with Gasteiger partial charge in [-0.05, 0) is 55.5 Å². The first kappa shape index (κ1) is 14.7. The van der Waals surface area contributed by atoms with Gasteiger partial charge in [0.2, 0.25) is 0 Å². The molecule has 1 N–H and O–H groups in total. The van der Waals surface area contributed by atoms with Gasteiger partial charge in [0.1, 0.15) is 0 Å². The van der Waals surface area contributed by atoms with Crippen molar-refractivity contribution in [3.05, 3.63) is 29.3 Å². The molecule has 0 amide bonds. The topological polar surface area (TPSA) is 15.3 Å². The summed E-state index contributed by atoms with van der Waals surface area (Å²) in [6.45, 7) is 9.32. The average molecular weight is 281 g/mol. The normalized spacial score (nSPS) is 18.7. The summed E-state index contributed by atoms with van der Waals surface area (Å²) >= 11 is 5.88. The lowest BCUT2D eigenvalue weighted by molar-refractivity contribution is 0.245. The van der Waals surface area contributed by atoms with Gasteiger partial charge in [-0.3, -0.25) is 0 Å².